The Labute approximate surface area is 259 Å². The van der Waals surface area contributed by atoms with Gasteiger partial charge in [0, 0.05) is 17.1 Å². The van der Waals surface area contributed by atoms with Crippen LogP contribution in [0.5, 0.6) is 11.5 Å². The smallest absolute Gasteiger partial charge is 0.264 e. The monoisotopic (exact) mass is 629 g/mol. The molecule has 3 aromatic rings. The Bertz CT molecular complexity index is 1520. The summed E-state index contributed by atoms with van der Waals surface area (Å²) in [5.74, 6) is -0.0655. The van der Waals surface area contributed by atoms with Gasteiger partial charge < -0.3 is 19.7 Å². The predicted molar refractivity (Wildman–Crippen MR) is 169 cm³/mol. The molecule has 0 radical (unpaired) electrons. The molecule has 0 saturated heterocycles. The first-order chi connectivity index (χ1) is 20.2. The summed E-state index contributed by atoms with van der Waals surface area (Å²) < 4.78 is 40.0. The summed E-state index contributed by atoms with van der Waals surface area (Å²) in [5, 5.41) is 3.22. The molecule has 0 aliphatic heterocycles. The van der Waals surface area contributed by atoms with E-state index >= 15 is 0 Å². The number of sulfonamides is 1. The minimum absolute atomic E-state index is 0.00727. The van der Waals surface area contributed by atoms with Crippen LogP contribution >= 0.6 is 11.6 Å². The fourth-order valence-electron chi connectivity index (χ4n) is 4.51. The number of methoxy groups -OCH3 is 2. The van der Waals surface area contributed by atoms with Gasteiger partial charge in [0.25, 0.3) is 10.0 Å². The first-order valence-corrected chi connectivity index (χ1v) is 15.7. The van der Waals surface area contributed by atoms with Crippen LogP contribution in [0, 0.1) is 6.92 Å². The Morgan fingerprint density at radius 2 is 1.58 bits per heavy atom. The summed E-state index contributed by atoms with van der Waals surface area (Å²) in [6, 6.07) is 17.1. The van der Waals surface area contributed by atoms with Gasteiger partial charge in [-0.2, -0.15) is 0 Å². The minimum Gasteiger partial charge on any atom is -0.497 e. The molecule has 1 N–H and O–H groups in total. The van der Waals surface area contributed by atoms with Gasteiger partial charge in [-0.05, 0) is 82.1 Å². The first-order valence-electron chi connectivity index (χ1n) is 13.9. The summed E-state index contributed by atoms with van der Waals surface area (Å²) in [6.45, 7) is 8.67. The number of nitrogens with one attached hydrogen (secondary N) is 1. The molecule has 2 amide bonds. The lowest BCUT2D eigenvalue weighted by Crippen LogP contribution is -2.55. The fourth-order valence-corrected chi connectivity index (χ4v) is 6.09. The molecule has 0 aliphatic carbocycles. The first kappa shape index (κ1) is 33.7. The second kappa shape index (κ2) is 14.1. The number of rotatable bonds is 12. The maximum absolute atomic E-state index is 14.3. The molecule has 0 aromatic heterocycles. The maximum Gasteiger partial charge on any atom is 0.264 e. The Kier molecular flexibility index (Phi) is 11.1. The minimum atomic E-state index is -4.28. The molecule has 9 nitrogen and oxygen atoms in total. The van der Waals surface area contributed by atoms with E-state index in [1.807, 2.05) is 34.6 Å². The summed E-state index contributed by atoms with van der Waals surface area (Å²) >= 11 is 6.31. The van der Waals surface area contributed by atoms with Crippen LogP contribution in [0.15, 0.2) is 71.6 Å². The molecule has 43 heavy (non-hydrogen) atoms. The zero-order chi connectivity index (χ0) is 31.9. The van der Waals surface area contributed by atoms with E-state index in [0.29, 0.717) is 12.2 Å². The van der Waals surface area contributed by atoms with E-state index in [1.165, 1.54) is 30.2 Å². The van der Waals surface area contributed by atoms with Gasteiger partial charge in [0.1, 0.15) is 24.1 Å². The van der Waals surface area contributed by atoms with Crippen molar-refractivity contribution in [3.8, 4) is 11.5 Å². The van der Waals surface area contributed by atoms with Gasteiger partial charge >= 0.3 is 0 Å². The number of halogens is 1. The Balaban J connectivity index is 2.13. The molecule has 1 atom stereocenters. The SMILES string of the molecule is CC[C@@H](C(=O)NC(C)(C)C)N(Cc1ccc(OC)cc1)C(=O)CN(c1cc(Cl)ccc1OC)S(=O)(=O)c1ccc(C)cc1. The number of carbonyl (C=O) groups is 2. The standard InChI is InChI=1S/C32H40ClN3O6S/c1-8-27(31(38)34-32(3,4)5)35(20-23-11-14-25(41-6)15-12-23)30(37)21-36(28-19-24(33)13-18-29(28)42-7)43(39,40)26-16-9-22(2)10-17-26/h9-19,27H,8,20-21H2,1-7H3,(H,34,38)/t27-/m0/s1. The third kappa shape index (κ3) is 8.64. The number of aryl methyl sites for hydroxylation is 1. The number of hydrogen-bond acceptors (Lipinski definition) is 6. The van der Waals surface area contributed by atoms with Crippen LogP contribution in [-0.2, 0) is 26.2 Å². The molecule has 0 fully saturated rings. The number of benzene rings is 3. The van der Waals surface area contributed by atoms with E-state index < -0.39 is 34.1 Å². The van der Waals surface area contributed by atoms with Crippen molar-refractivity contribution in [2.24, 2.45) is 0 Å². The molecule has 0 aliphatic rings. The molecule has 3 rings (SSSR count). The topological polar surface area (TPSA) is 105 Å². The van der Waals surface area contributed by atoms with Crippen LogP contribution in [0.25, 0.3) is 0 Å². The van der Waals surface area contributed by atoms with Gasteiger partial charge in [0.15, 0.2) is 0 Å². The highest BCUT2D eigenvalue weighted by Gasteiger charge is 2.35. The average Bonchev–Trinajstić information content (AvgIpc) is 2.95. The van der Waals surface area contributed by atoms with Gasteiger partial charge in [0.05, 0.1) is 24.8 Å². The highest BCUT2D eigenvalue weighted by Crippen LogP contribution is 2.35. The average molecular weight is 630 g/mol. The lowest BCUT2D eigenvalue weighted by atomic mass is 10.1. The number of ether oxygens (including phenoxy) is 2. The number of amides is 2. The van der Waals surface area contributed by atoms with E-state index in [9.17, 15) is 18.0 Å². The summed E-state index contributed by atoms with van der Waals surface area (Å²) in [7, 11) is -1.32. The highest BCUT2D eigenvalue weighted by atomic mass is 35.5. The third-order valence-electron chi connectivity index (χ3n) is 6.69. The maximum atomic E-state index is 14.3. The van der Waals surface area contributed by atoms with E-state index in [-0.39, 0.29) is 33.8 Å². The van der Waals surface area contributed by atoms with Crippen molar-refractivity contribution in [3.05, 3.63) is 82.9 Å². The summed E-state index contributed by atoms with van der Waals surface area (Å²) in [4.78, 5) is 29.2. The quantitative estimate of drug-likeness (QED) is 0.280. The Morgan fingerprint density at radius 1 is 0.953 bits per heavy atom. The molecule has 0 heterocycles. The number of hydrogen-bond donors (Lipinski definition) is 1. The van der Waals surface area contributed by atoms with Gasteiger partial charge in [0.2, 0.25) is 11.8 Å². The van der Waals surface area contributed by atoms with Crippen LogP contribution in [0.3, 0.4) is 0 Å². The molecule has 0 unspecified atom stereocenters. The molecular formula is C32H40ClN3O6S. The lowest BCUT2D eigenvalue weighted by molar-refractivity contribution is -0.141. The van der Waals surface area contributed by atoms with Crippen molar-refractivity contribution in [3.63, 3.8) is 0 Å². The van der Waals surface area contributed by atoms with Crippen LogP contribution in [0.1, 0.15) is 45.2 Å². The molecule has 0 bridgehead atoms. The number of carbonyl (C=O) groups excluding carboxylic acids is 2. The largest absolute Gasteiger partial charge is 0.497 e. The van der Waals surface area contributed by atoms with Crippen molar-refractivity contribution in [2.45, 2.75) is 64.1 Å². The normalized spacial score (nSPS) is 12.3. The van der Waals surface area contributed by atoms with E-state index in [0.717, 1.165) is 15.4 Å². The molecule has 0 spiro atoms. The summed E-state index contributed by atoms with van der Waals surface area (Å²) in [6.07, 6.45) is 0.301. The Morgan fingerprint density at radius 3 is 2.12 bits per heavy atom. The van der Waals surface area contributed by atoms with Gasteiger partial charge in [-0.25, -0.2) is 8.42 Å². The molecular weight excluding hydrogens is 590 g/mol. The van der Waals surface area contributed by atoms with E-state index in [1.54, 1.807) is 55.6 Å². The van der Waals surface area contributed by atoms with Crippen molar-refractivity contribution < 1.29 is 27.5 Å². The third-order valence-corrected chi connectivity index (χ3v) is 8.70. The van der Waals surface area contributed by atoms with E-state index in [4.69, 9.17) is 21.1 Å². The predicted octanol–water partition coefficient (Wildman–Crippen LogP) is 5.58. The molecule has 232 valence electrons. The number of anilines is 1. The number of nitrogens with zero attached hydrogens (tertiary/aromatic N) is 2. The second-order valence-electron chi connectivity index (χ2n) is 11.2. The zero-order valence-electron chi connectivity index (χ0n) is 25.7. The Hall–Kier alpha value is -3.76. The van der Waals surface area contributed by atoms with Crippen LogP contribution in [-0.4, -0.2) is 57.5 Å². The molecule has 0 saturated carbocycles. The summed E-state index contributed by atoms with van der Waals surface area (Å²) in [5.41, 5.74) is 1.17. The molecule has 11 heteroatoms. The van der Waals surface area contributed by atoms with Crippen molar-refractivity contribution in [1.82, 2.24) is 10.2 Å². The van der Waals surface area contributed by atoms with Crippen molar-refractivity contribution in [2.75, 3.05) is 25.1 Å². The van der Waals surface area contributed by atoms with E-state index in [2.05, 4.69) is 5.32 Å². The second-order valence-corrected chi connectivity index (χ2v) is 13.5. The van der Waals surface area contributed by atoms with Gasteiger partial charge in [-0.15, -0.1) is 0 Å². The van der Waals surface area contributed by atoms with Crippen LogP contribution in [0.2, 0.25) is 5.02 Å². The van der Waals surface area contributed by atoms with Crippen LogP contribution in [0.4, 0.5) is 5.69 Å². The lowest BCUT2D eigenvalue weighted by Gasteiger charge is -2.35. The van der Waals surface area contributed by atoms with Gasteiger partial charge in [-0.1, -0.05) is 48.4 Å². The van der Waals surface area contributed by atoms with Crippen molar-refractivity contribution >= 4 is 39.1 Å². The van der Waals surface area contributed by atoms with Gasteiger partial charge in [-0.3, -0.25) is 13.9 Å². The van der Waals surface area contributed by atoms with Crippen molar-refractivity contribution in [1.29, 1.82) is 0 Å². The molecule has 3 aromatic carbocycles. The zero-order valence-corrected chi connectivity index (χ0v) is 27.3. The fraction of sp³-hybridized carbons (Fsp3) is 0.375. The highest BCUT2D eigenvalue weighted by molar-refractivity contribution is 7.92. The van der Waals surface area contributed by atoms with Crippen LogP contribution < -0.4 is 19.1 Å².